The Kier molecular flexibility index (Phi) is 4.53. The molecule has 96 valence electrons. The van der Waals surface area contributed by atoms with Gasteiger partial charge in [-0.25, -0.2) is 0 Å². The number of carbonyl (C=O) groups is 1. The summed E-state index contributed by atoms with van der Waals surface area (Å²) in [4.78, 5) is 11.5. The molecule has 1 aliphatic rings. The maximum Gasteiger partial charge on any atom is 0.308 e. The molecular weight excluding hydrogens is 228 g/mol. The van der Waals surface area contributed by atoms with Gasteiger partial charge >= 0.3 is 5.97 Å². The Morgan fingerprint density at radius 2 is 2.11 bits per heavy atom. The highest BCUT2D eigenvalue weighted by Crippen LogP contribution is 2.34. The molecule has 18 heavy (non-hydrogen) atoms. The highest BCUT2D eigenvalue weighted by molar-refractivity contribution is 5.70. The number of rotatable bonds is 6. The van der Waals surface area contributed by atoms with E-state index < -0.39 is 0 Å². The molecule has 3 nitrogen and oxygen atoms in total. The number of hydrogen-bond donors (Lipinski definition) is 0. The van der Waals surface area contributed by atoms with Gasteiger partial charge in [-0.1, -0.05) is 42.5 Å². The summed E-state index contributed by atoms with van der Waals surface area (Å²) in [6.45, 7) is 4.38. The summed E-state index contributed by atoms with van der Waals surface area (Å²) in [5.74, 6) is 0.125. The maximum absolute atomic E-state index is 11.5. The monoisotopic (exact) mass is 246 g/mol. The molecule has 0 aliphatic heterocycles. The average molecular weight is 246 g/mol. The van der Waals surface area contributed by atoms with Gasteiger partial charge in [0.05, 0.1) is 13.0 Å². The van der Waals surface area contributed by atoms with E-state index in [-0.39, 0.29) is 12.8 Å². The fraction of sp³-hybridized carbons (Fsp3) is 0.400. The number of hydrogen-bond acceptors (Lipinski definition) is 3. The average Bonchev–Trinajstić information content (AvgIpc) is 2.40. The summed E-state index contributed by atoms with van der Waals surface area (Å²) in [6.07, 6.45) is 2.54. The van der Waals surface area contributed by atoms with E-state index in [1.165, 1.54) is 0 Å². The molecule has 0 bridgehead atoms. The molecule has 3 heteroatoms. The zero-order valence-corrected chi connectivity index (χ0v) is 10.4. The minimum atomic E-state index is -0.200. The lowest BCUT2D eigenvalue weighted by atomic mass is 9.78. The molecule has 0 aromatic heterocycles. The minimum absolute atomic E-state index is 0.0208. The molecule has 1 aliphatic carbocycles. The Morgan fingerprint density at radius 3 is 2.72 bits per heavy atom. The predicted octanol–water partition coefficient (Wildman–Crippen LogP) is 3.06. The molecule has 0 radical (unpaired) electrons. The molecule has 1 aromatic carbocycles. The zero-order chi connectivity index (χ0) is 12.8. The fourth-order valence-corrected chi connectivity index (χ4v) is 1.90. The lowest BCUT2D eigenvalue weighted by Gasteiger charge is -2.27. The number of ether oxygens (including phenoxy) is 2. The van der Waals surface area contributed by atoms with Gasteiger partial charge in [0.25, 0.3) is 0 Å². The molecule has 2 rings (SSSR count). The van der Waals surface area contributed by atoms with Crippen LogP contribution in [0.15, 0.2) is 42.5 Å². The van der Waals surface area contributed by atoms with Crippen LogP contribution < -0.4 is 0 Å². The second kappa shape index (κ2) is 6.36. The summed E-state index contributed by atoms with van der Waals surface area (Å²) in [7, 11) is 0. The van der Waals surface area contributed by atoms with Gasteiger partial charge < -0.3 is 9.47 Å². The van der Waals surface area contributed by atoms with Crippen molar-refractivity contribution in [2.24, 2.45) is 5.92 Å². The van der Waals surface area contributed by atoms with Crippen LogP contribution in [-0.2, 0) is 20.9 Å². The van der Waals surface area contributed by atoms with E-state index in [1.54, 1.807) is 0 Å². The third kappa shape index (κ3) is 3.70. The van der Waals surface area contributed by atoms with Crippen LogP contribution in [0.25, 0.3) is 0 Å². The first-order valence-electron chi connectivity index (χ1n) is 6.20. The van der Waals surface area contributed by atoms with Crippen molar-refractivity contribution in [1.29, 1.82) is 0 Å². The number of allylic oxidation sites excluding steroid dienone is 1. The minimum Gasteiger partial charge on any atom is -0.438 e. The normalized spacial score (nSPS) is 18.2. The van der Waals surface area contributed by atoms with Gasteiger partial charge in [0.15, 0.2) is 6.79 Å². The fourth-order valence-electron chi connectivity index (χ4n) is 1.90. The molecule has 1 saturated carbocycles. The molecule has 1 atom stereocenters. The standard InChI is InChI=1S/C15H18O3/c1-12-7-8-14(12)9-15(16)18-11-17-10-13-5-3-2-4-6-13/h2-6,14H,1,7-11H2. The zero-order valence-electron chi connectivity index (χ0n) is 10.4. The van der Waals surface area contributed by atoms with Crippen LogP contribution in [-0.4, -0.2) is 12.8 Å². The smallest absolute Gasteiger partial charge is 0.308 e. The molecule has 0 spiro atoms. The third-order valence-corrected chi connectivity index (χ3v) is 3.22. The van der Waals surface area contributed by atoms with Crippen molar-refractivity contribution in [3.05, 3.63) is 48.0 Å². The Balaban J connectivity index is 1.58. The highest BCUT2D eigenvalue weighted by atomic mass is 16.7. The van der Waals surface area contributed by atoms with E-state index in [0.29, 0.717) is 18.9 Å². The summed E-state index contributed by atoms with van der Waals surface area (Å²) in [5.41, 5.74) is 2.23. The molecular formula is C15H18O3. The van der Waals surface area contributed by atoms with Crippen molar-refractivity contribution in [2.75, 3.05) is 6.79 Å². The van der Waals surface area contributed by atoms with Gasteiger partial charge in [-0.2, -0.15) is 0 Å². The first kappa shape index (κ1) is 12.8. The lowest BCUT2D eigenvalue weighted by molar-refractivity contribution is -0.158. The van der Waals surface area contributed by atoms with Crippen molar-refractivity contribution in [1.82, 2.24) is 0 Å². The maximum atomic E-state index is 11.5. The van der Waals surface area contributed by atoms with Crippen molar-refractivity contribution in [2.45, 2.75) is 25.9 Å². The van der Waals surface area contributed by atoms with Gasteiger partial charge in [0, 0.05) is 0 Å². The van der Waals surface area contributed by atoms with Crippen LogP contribution >= 0.6 is 0 Å². The summed E-state index contributed by atoms with van der Waals surface area (Å²) >= 11 is 0. The molecule has 0 saturated heterocycles. The summed E-state index contributed by atoms with van der Waals surface area (Å²) in [6, 6.07) is 9.80. The van der Waals surface area contributed by atoms with Gasteiger partial charge in [0.1, 0.15) is 0 Å². The molecule has 1 aromatic rings. The molecule has 0 amide bonds. The van der Waals surface area contributed by atoms with Gasteiger partial charge in [0.2, 0.25) is 0 Å². The van der Waals surface area contributed by atoms with Gasteiger partial charge in [-0.15, -0.1) is 0 Å². The topological polar surface area (TPSA) is 35.5 Å². The van der Waals surface area contributed by atoms with Crippen molar-refractivity contribution < 1.29 is 14.3 Å². The van der Waals surface area contributed by atoms with Crippen LogP contribution in [0.1, 0.15) is 24.8 Å². The highest BCUT2D eigenvalue weighted by Gasteiger charge is 2.25. The molecule has 1 unspecified atom stereocenters. The Labute approximate surface area is 107 Å². The van der Waals surface area contributed by atoms with E-state index in [0.717, 1.165) is 24.0 Å². The summed E-state index contributed by atoms with van der Waals surface area (Å²) < 4.78 is 10.3. The van der Waals surface area contributed by atoms with E-state index in [1.807, 2.05) is 30.3 Å². The van der Waals surface area contributed by atoms with E-state index in [9.17, 15) is 4.79 Å². The molecule has 1 fully saturated rings. The lowest BCUT2D eigenvalue weighted by Crippen LogP contribution is -2.20. The number of esters is 1. The molecule has 0 N–H and O–H groups in total. The Bertz CT molecular complexity index is 411. The van der Waals surface area contributed by atoms with Crippen LogP contribution in [0.3, 0.4) is 0 Å². The van der Waals surface area contributed by atoms with E-state index in [4.69, 9.17) is 9.47 Å². The number of benzene rings is 1. The molecule has 0 heterocycles. The first-order valence-corrected chi connectivity index (χ1v) is 6.20. The summed E-state index contributed by atoms with van der Waals surface area (Å²) in [5, 5.41) is 0. The quantitative estimate of drug-likeness (QED) is 0.335. The van der Waals surface area contributed by atoms with Crippen LogP contribution in [0.5, 0.6) is 0 Å². The van der Waals surface area contributed by atoms with Crippen molar-refractivity contribution in [3.63, 3.8) is 0 Å². The first-order chi connectivity index (χ1) is 8.75. The Morgan fingerprint density at radius 1 is 1.33 bits per heavy atom. The van der Waals surface area contributed by atoms with Crippen molar-refractivity contribution >= 4 is 5.97 Å². The second-order valence-electron chi connectivity index (χ2n) is 4.57. The van der Waals surface area contributed by atoms with E-state index in [2.05, 4.69) is 6.58 Å². The SMILES string of the molecule is C=C1CCC1CC(=O)OCOCc1ccccc1. The van der Waals surface area contributed by atoms with E-state index >= 15 is 0 Å². The van der Waals surface area contributed by atoms with Crippen LogP contribution in [0.2, 0.25) is 0 Å². The van der Waals surface area contributed by atoms with Crippen LogP contribution in [0, 0.1) is 5.92 Å². The van der Waals surface area contributed by atoms with Crippen molar-refractivity contribution in [3.8, 4) is 0 Å². The van der Waals surface area contributed by atoms with Gasteiger partial charge in [-0.3, -0.25) is 4.79 Å². The second-order valence-corrected chi connectivity index (χ2v) is 4.57. The van der Waals surface area contributed by atoms with Crippen LogP contribution in [0.4, 0.5) is 0 Å². The van der Waals surface area contributed by atoms with Gasteiger partial charge in [-0.05, 0) is 24.3 Å². The largest absolute Gasteiger partial charge is 0.438 e. The third-order valence-electron chi connectivity index (χ3n) is 3.22. The predicted molar refractivity (Wildman–Crippen MR) is 68.7 cm³/mol. The Hall–Kier alpha value is -1.61. The number of carbonyl (C=O) groups excluding carboxylic acids is 1.